The first kappa shape index (κ1) is 15.5. The number of ether oxygens (including phenoxy) is 1. The average molecular weight is 319 g/mol. The van der Waals surface area contributed by atoms with Crippen LogP contribution in [0.25, 0.3) is 0 Å². The standard InChI is InChI=1S/C16H17NO6/c1-16(22)5-7-6(3-10(16)19)14(20)11-8(18)4-9(23-2)13(17)12(11)15(7)21/h4,10,17,19-22H,3,5H2,1-2H3/t10-,16+/m1/s1. The van der Waals surface area contributed by atoms with Crippen LogP contribution < -0.4 is 0 Å². The predicted octanol–water partition coefficient (Wildman–Crippen LogP) is 0.403. The van der Waals surface area contributed by atoms with Crippen molar-refractivity contribution in [1.82, 2.24) is 0 Å². The van der Waals surface area contributed by atoms with Gasteiger partial charge in [-0.1, -0.05) is 0 Å². The summed E-state index contributed by atoms with van der Waals surface area (Å²) in [4.78, 5) is 12.2. The molecule has 0 saturated heterocycles. The van der Waals surface area contributed by atoms with Crippen LogP contribution in [0.2, 0.25) is 0 Å². The van der Waals surface area contributed by atoms with Gasteiger partial charge in [0.1, 0.15) is 23.0 Å². The zero-order valence-electron chi connectivity index (χ0n) is 12.7. The number of hydrogen-bond donors (Lipinski definition) is 5. The minimum absolute atomic E-state index is 0.0141. The smallest absolute Gasteiger partial charge is 0.194 e. The van der Waals surface area contributed by atoms with Crippen molar-refractivity contribution in [1.29, 1.82) is 5.41 Å². The minimum Gasteiger partial charge on any atom is -0.507 e. The molecule has 2 atom stereocenters. The highest BCUT2D eigenvalue weighted by Crippen LogP contribution is 2.45. The molecule has 1 aromatic carbocycles. The number of methoxy groups -OCH3 is 1. The Morgan fingerprint density at radius 3 is 2.48 bits per heavy atom. The molecule has 0 fully saturated rings. The fourth-order valence-electron chi connectivity index (χ4n) is 3.15. The molecule has 5 N–H and O–H groups in total. The van der Waals surface area contributed by atoms with Crippen LogP contribution in [0.1, 0.15) is 34.0 Å². The monoisotopic (exact) mass is 319 g/mol. The molecular weight excluding hydrogens is 302 g/mol. The maximum Gasteiger partial charge on any atom is 0.194 e. The van der Waals surface area contributed by atoms with Gasteiger partial charge in [-0.25, -0.2) is 0 Å². The number of benzene rings is 1. The number of aromatic hydroxyl groups is 2. The Kier molecular flexibility index (Phi) is 3.24. The highest BCUT2D eigenvalue weighted by Gasteiger charge is 2.42. The maximum atomic E-state index is 12.2. The van der Waals surface area contributed by atoms with E-state index in [4.69, 9.17) is 10.1 Å². The zero-order valence-corrected chi connectivity index (χ0v) is 12.7. The van der Waals surface area contributed by atoms with Gasteiger partial charge in [0.2, 0.25) is 0 Å². The van der Waals surface area contributed by atoms with Crippen LogP contribution in [0, 0.1) is 5.41 Å². The fraction of sp³-hybridized carbons (Fsp3) is 0.375. The van der Waals surface area contributed by atoms with Gasteiger partial charge in [0.25, 0.3) is 0 Å². The normalized spacial score (nSPS) is 26.4. The molecule has 2 aliphatic carbocycles. The maximum absolute atomic E-state index is 12.2. The van der Waals surface area contributed by atoms with E-state index in [-0.39, 0.29) is 58.1 Å². The molecule has 0 aliphatic heterocycles. The van der Waals surface area contributed by atoms with Gasteiger partial charge in [0, 0.05) is 30.0 Å². The van der Waals surface area contributed by atoms with Crippen molar-refractivity contribution in [2.45, 2.75) is 31.5 Å². The Bertz CT molecular complexity index is 778. The van der Waals surface area contributed by atoms with E-state index in [0.29, 0.717) is 0 Å². The first-order chi connectivity index (χ1) is 10.7. The molecule has 2 aliphatic rings. The zero-order chi connectivity index (χ0) is 17.1. The predicted molar refractivity (Wildman–Crippen MR) is 80.1 cm³/mol. The number of phenolic OH excluding ortho intramolecular Hbond substituents is 2. The Morgan fingerprint density at radius 1 is 1.26 bits per heavy atom. The molecule has 0 heterocycles. The van der Waals surface area contributed by atoms with E-state index in [2.05, 4.69) is 0 Å². The van der Waals surface area contributed by atoms with E-state index < -0.39 is 17.5 Å². The molecule has 0 aromatic heterocycles. The van der Waals surface area contributed by atoms with Crippen LogP contribution in [0.4, 0.5) is 0 Å². The number of phenols is 2. The lowest BCUT2D eigenvalue weighted by atomic mass is 9.75. The van der Waals surface area contributed by atoms with Crippen LogP contribution in [-0.4, -0.2) is 50.7 Å². The van der Waals surface area contributed by atoms with Gasteiger partial charge in [-0.2, -0.15) is 0 Å². The number of allylic oxidation sites excluding steroid dienone is 2. The number of ketones is 1. The number of carbonyl (C=O) groups excluding carboxylic acids is 1. The van der Waals surface area contributed by atoms with Gasteiger partial charge >= 0.3 is 0 Å². The first-order valence-corrected chi connectivity index (χ1v) is 7.08. The van der Waals surface area contributed by atoms with E-state index in [0.717, 1.165) is 6.08 Å². The summed E-state index contributed by atoms with van der Waals surface area (Å²) in [7, 11) is 1.30. The van der Waals surface area contributed by atoms with E-state index >= 15 is 0 Å². The van der Waals surface area contributed by atoms with Crippen molar-refractivity contribution < 1.29 is 30.0 Å². The summed E-state index contributed by atoms with van der Waals surface area (Å²) < 4.78 is 4.96. The van der Waals surface area contributed by atoms with Gasteiger partial charge in [-0.3, -0.25) is 10.2 Å². The van der Waals surface area contributed by atoms with E-state index in [1.54, 1.807) is 0 Å². The summed E-state index contributed by atoms with van der Waals surface area (Å²) in [5, 5.41) is 49.3. The second-order valence-corrected chi connectivity index (χ2v) is 6.11. The summed E-state index contributed by atoms with van der Waals surface area (Å²) in [6, 6.07) is 0. The van der Waals surface area contributed by atoms with E-state index in [1.165, 1.54) is 14.0 Å². The molecule has 1 aromatic rings. The average Bonchev–Trinajstić information content (AvgIpc) is 2.48. The van der Waals surface area contributed by atoms with Crippen molar-refractivity contribution >= 4 is 11.5 Å². The largest absolute Gasteiger partial charge is 0.507 e. The molecule has 0 saturated carbocycles. The molecule has 3 rings (SSSR count). The van der Waals surface area contributed by atoms with Crippen LogP contribution in [0.5, 0.6) is 11.5 Å². The molecule has 0 amide bonds. The fourth-order valence-corrected chi connectivity index (χ4v) is 3.15. The van der Waals surface area contributed by atoms with Crippen molar-refractivity contribution in [2.24, 2.45) is 0 Å². The summed E-state index contributed by atoms with van der Waals surface area (Å²) in [5.41, 5.74) is -1.55. The van der Waals surface area contributed by atoms with Crippen molar-refractivity contribution in [3.8, 4) is 11.5 Å². The molecule has 0 spiro atoms. The summed E-state index contributed by atoms with van der Waals surface area (Å²) in [5.74, 6) is -1.32. The van der Waals surface area contributed by atoms with Crippen LogP contribution >= 0.6 is 0 Å². The SMILES string of the molecule is COC1=CC(=O)c2c(O)c3c(c(O)c2C1=N)C[C@](C)(O)[C@H](O)C3. The van der Waals surface area contributed by atoms with Gasteiger partial charge in [-0.05, 0) is 6.92 Å². The first-order valence-electron chi connectivity index (χ1n) is 7.08. The van der Waals surface area contributed by atoms with Gasteiger partial charge in [-0.15, -0.1) is 0 Å². The van der Waals surface area contributed by atoms with Gasteiger partial charge < -0.3 is 25.2 Å². The summed E-state index contributed by atoms with van der Waals surface area (Å²) in [6.45, 7) is 1.42. The number of hydrogen-bond acceptors (Lipinski definition) is 7. The van der Waals surface area contributed by atoms with Crippen LogP contribution in [-0.2, 0) is 17.6 Å². The molecule has 122 valence electrons. The lowest BCUT2D eigenvalue weighted by Crippen LogP contribution is -2.46. The lowest BCUT2D eigenvalue weighted by molar-refractivity contribution is -0.0668. The third-order valence-corrected chi connectivity index (χ3v) is 4.53. The van der Waals surface area contributed by atoms with Crippen LogP contribution in [0.3, 0.4) is 0 Å². The third kappa shape index (κ3) is 2.04. The topological polar surface area (TPSA) is 131 Å². The Morgan fingerprint density at radius 2 is 1.87 bits per heavy atom. The van der Waals surface area contributed by atoms with Gasteiger partial charge in [0.05, 0.1) is 29.9 Å². The third-order valence-electron chi connectivity index (χ3n) is 4.53. The minimum atomic E-state index is -1.48. The van der Waals surface area contributed by atoms with Gasteiger partial charge in [0.15, 0.2) is 5.78 Å². The Balaban J connectivity index is 2.31. The number of fused-ring (bicyclic) bond motifs is 2. The number of aliphatic hydroxyl groups is 2. The summed E-state index contributed by atoms with van der Waals surface area (Å²) >= 11 is 0. The molecule has 7 heteroatoms. The number of nitrogens with one attached hydrogen (secondary N) is 1. The van der Waals surface area contributed by atoms with E-state index in [9.17, 15) is 25.2 Å². The molecular formula is C16H17NO6. The lowest BCUT2D eigenvalue weighted by Gasteiger charge is -2.36. The Hall–Kier alpha value is -2.38. The molecule has 7 nitrogen and oxygen atoms in total. The number of aliphatic hydroxyl groups excluding tert-OH is 1. The summed E-state index contributed by atoms with van der Waals surface area (Å²) in [6.07, 6.45) is -0.271. The molecule has 23 heavy (non-hydrogen) atoms. The highest BCUT2D eigenvalue weighted by molar-refractivity contribution is 6.27. The quantitative estimate of drug-likeness (QED) is 0.476. The van der Waals surface area contributed by atoms with E-state index in [1.807, 2.05) is 0 Å². The number of rotatable bonds is 1. The van der Waals surface area contributed by atoms with Crippen LogP contribution in [0.15, 0.2) is 11.8 Å². The number of carbonyl (C=O) groups is 1. The molecule has 0 radical (unpaired) electrons. The van der Waals surface area contributed by atoms with Crippen molar-refractivity contribution in [3.63, 3.8) is 0 Å². The van der Waals surface area contributed by atoms with Crippen molar-refractivity contribution in [3.05, 3.63) is 34.1 Å². The second-order valence-electron chi connectivity index (χ2n) is 6.11. The van der Waals surface area contributed by atoms with Crippen molar-refractivity contribution in [2.75, 3.05) is 7.11 Å². The highest BCUT2D eigenvalue weighted by atomic mass is 16.5. The Labute approximate surface area is 132 Å². The molecule has 0 bridgehead atoms. The molecule has 0 unspecified atom stereocenters. The second kappa shape index (κ2) is 4.81.